The fourth-order valence-corrected chi connectivity index (χ4v) is 0.214. The summed E-state index contributed by atoms with van der Waals surface area (Å²) >= 11 is 0. The van der Waals surface area contributed by atoms with Crippen LogP contribution in [0.1, 0.15) is 34.6 Å². The van der Waals surface area contributed by atoms with Gasteiger partial charge in [0.2, 0.25) is 0 Å². The van der Waals surface area contributed by atoms with Crippen molar-refractivity contribution in [3.63, 3.8) is 0 Å². The number of hydrogen-bond donors (Lipinski definition) is 0. The van der Waals surface area contributed by atoms with Gasteiger partial charge in [-0.05, 0) is 12.5 Å². The monoisotopic (exact) mass is 172 g/mol. The lowest BCUT2D eigenvalue weighted by atomic mass is 10.4. The van der Waals surface area contributed by atoms with E-state index >= 15 is 0 Å². The molecule has 0 heterocycles. The zero-order chi connectivity index (χ0) is 10.6. The molecule has 0 fully saturated rings. The van der Waals surface area contributed by atoms with Crippen LogP contribution in [0.15, 0.2) is 17.3 Å². The van der Waals surface area contributed by atoms with Crippen LogP contribution in [0, 0.1) is 0 Å². The average molecular weight is 172 g/mol. The fraction of sp³-hybridized carbons (Fsp3) is 0.700. The van der Waals surface area contributed by atoms with Gasteiger partial charge in [0, 0.05) is 20.3 Å². The lowest BCUT2D eigenvalue weighted by molar-refractivity contribution is 0.440. The second-order valence-corrected chi connectivity index (χ2v) is 1.94. The van der Waals surface area contributed by atoms with Crippen LogP contribution in [0.5, 0.6) is 0 Å². The third kappa shape index (κ3) is 35.0. The average Bonchev–Trinajstić information content (AvgIpc) is 2.08. The van der Waals surface area contributed by atoms with Crippen LogP contribution in [-0.2, 0) is 0 Å². The lowest BCUT2D eigenvalue weighted by Crippen LogP contribution is -2.01. The van der Waals surface area contributed by atoms with Crippen LogP contribution in [0.25, 0.3) is 0 Å². The molecule has 0 rings (SSSR count). The molecule has 2 nitrogen and oxygen atoms in total. The third-order valence-electron chi connectivity index (χ3n) is 0.509. The maximum absolute atomic E-state index is 3.93. The van der Waals surface area contributed by atoms with Crippen molar-refractivity contribution in [2.24, 2.45) is 5.10 Å². The Kier molecular flexibility index (Phi) is 24.1. The van der Waals surface area contributed by atoms with Crippen LogP contribution in [-0.4, -0.2) is 25.3 Å². The lowest BCUT2D eigenvalue weighted by Gasteiger charge is -2.00. The van der Waals surface area contributed by atoms with Crippen molar-refractivity contribution in [1.29, 1.82) is 0 Å². The van der Waals surface area contributed by atoms with Gasteiger partial charge < -0.3 is 5.01 Å². The first-order valence-corrected chi connectivity index (χ1v) is 4.49. The topological polar surface area (TPSA) is 15.6 Å². The molecule has 2 heteroatoms. The van der Waals surface area contributed by atoms with Crippen molar-refractivity contribution in [2.75, 3.05) is 14.1 Å². The molecule has 0 aromatic carbocycles. The van der Waals surface area contributed by atoms with Crippen molar-refractivity contribution in [2.45, 2.75) is 34.6 Å². The first-order valence-electron chi connectivity index (χ1n) is 4.49. The highest BCUT2D eigenvalue weighted by molar-refractivity contribution is 5.76. The minimum Gasteiger partial charge on any atom is -0.303 e. The molecule has 0 aliphatic carbocycles. The Labute approximate surface area is 78.0 Å². The van der Waals surface area contributed by atoms with Gasteiger partial charge in [-0.1, -0.05) is 34.3 Å². The molecule has 0 saturated carbocycles. The van der Waals surface area contributed by atoms with E-state index in [1.807, 2.05) is 48.7 Å². The standard InChI is InChI=1S/C6H12N2.2C2H6/c1-6(2)5-7-8(3)4;2*1-2/h5H,1H2,2-4H3;2*1-2H3/b7-5-;;. The second kappa shape index (κ2) is 16.7. The first-order chi connectivity index (χ1) is 5.63. The highest BCUT2D eigenvalue weighted by Crippen LogP contribution is 1.80. The summed E-state index contributed by atoms with van der Waals surface area (Å²) in [6, 6.07) is 0. The smallest absolute Gasteiger partial charge is 0.0493 e. The normalized spacial score (nSPS) is 7.58. The molecule has 0 bridgehead atoms. The molecule has 0 spiro atoms. The molecular weight excluding hydrogens is 148 g/mol. The molecule has 0 N–H and O–H groups in total. The molecule has 0 aromatic rings. The van der Waals surface area contributed by atoms with Crippen molar-refractivity contribution < 1.29 is 0 Å². The van der Waals surface area contributed by atoms with Crippen molar-refractivity contribution in [3.8, 4) is 0 Å². The van der Waals surface area contributed by atoms with Gasteiger partial charge in [-0.3, -0.25) is 0 Å². The minimum atomic E-state index is 0.971. The minimum absolute atomic E-state index is 0.971. The Morgan fingerprint density at radius 2 is 1.50 bits per heavy atom. The zero-order valence-electron chi connectivity index (χ0n) is 9.68. The summed E-state index contributed by atoms with van der Waals surface area (Å²) in [5, 5.41) is 5.66. The van der Waals surface area contributed by atoms with Gasteiger partial charge in [0.15, 0.2) is 0 Å². The van der Waals surface area contributed by atoms with E-state index in [-0.39, 0.29) is 0 Å². The highest BCUT2D eigenvalue weighted by Gasteiger charge is 1.75. The van der Waals surface area contributed by atoms with E-state index < -0.39 is 0 Å². The molecule has 0 aliphatic rings. The van der Waals surface area contributed by atoms with Gasteiger partial charge in [-0.15, -0.1) is 0 Å². The number of hydrogen-bond acceptors (Lipinski definition) is 2. The van der Waals surface area contributed by atoms with Crippen molar-refractivity contribution in [3.05, 3.63) is 12.2 Å². The Hall–Kier alpha value is -0.790. The highest BCUT2D eigenvalue weighted by atomic mass is 15.4. The maximum Gasteiger partial charge on any atom is 0.0493 e. The van der Waals surface area contributed by atoms with Gasteiger partial charge in [-0.25, -0.2) is 0 Å². The van der Waals surface area contributed by atoms with Gasteiger partial charge in [0.25, 0.3) is 0 Å². The summed E-state index contributed by atoms with van der Waals surface area (Å²) in [7, 11) is 3.75. The van der Waals surface area contributed by atoms with Crippen molar-refractivity contribution >= 4 is 6.21 Å². The number of hydrazone groups is 1. The van der Waals surface area contributed by atoms with Gasteiger partial charge in [0.05, 0.1) is 0 Å². The fourth-order valence-electron chi connectivity index (χ4n) is 0.214. The summed E-state index contributed by atoms with van der Waals surface area (Å²) in [6.07, 6.45) is 1.72. The van der Waals surface area contributed by atoms with E-state index in [2.05, 4.69) is 11.7 Å². The van der Waals surface area contributed by atoms with Crippen LogP contribution < -0.4 is 0 Å². The van der Waals surface area contributed by atoms with Gasteiger partial charge in [0.1, 0.15) is 0 Å². The van der Waals surface area contributed by atoms with E-state index in [9.17, 15) is 0 Å². The van der Waals surface area contributed by atoms with Crippen LogP contribution in [0.4, 0.5) is 0 Å². The van der Waals surface area contributed by atoms with Gasteiger partial charge in [-0.2, -0.15) is 5.10 Å². The number of allylic oxidation sites excluding steroid dienone is 1. The molecular formula is C10H24N2. The third-order valence-corrected chi connectivity index (χ3v) is 0.509. The summed E-state index contributed by atoms with van der Waals surface area (Å²) in [6.45, 7) is 13.6. The van der Waals surface area contributed by atoms with Gasteiger partial charge >= 0.3 is 0 Å². The quantitative estimate of drug-likeness (QED) is 0.461. The van der Waals surface area contributed by atoms with E-state index in [1.54, 1.807) is 11.2 Å². The van der Waals surface area contributed by atoms with Crippen molar-refractivity contribution in [1.82, 2.24) is 5.01 Å². The predicted octanol–water partition coefficient (Wildman–Crippen LogP) is 3.16. The predicted molar refractivity (Wildman–Crippen MR) is 59.7 cm³/mol. The summed E-state index contributed by atoms with van der Waals surface area (Å²) in [5.74, 6) is 0. The molecule has 0 radical (unpaired) electrons. The molecule has 0 unspecified atom stereocenters. The van der Waals surface area contributed by atoms with Crippen LogP contribution >= 0.6 is 0 Å². The zero-order valence-corrected chi connectivity index (χ0v) is 9.68. The number of nitrogens with zero attached hydrogens (tertiary/aromatic N) is 2. The number of rotatable bonds is 2. The Balaban J connectivity index is -0.000000175. The molecule has 0 saturated heterocycles. The SMILES string of the molecule is C=C(C)/C=N\N(C)C.CC.CC. The van der Waals surface area contributed by atoms with E-state index in [4.69, 9.17) is 0 Å². The second-order valence-electron chi connectivity index (χ2n) is 1.94. The van der Waals surface area contributed by atoms with Crippen LogP contribution in [0.3, 0.4) is 0 Å². The maximum atomic E-state index is 3.93. The van der Waals surface area contributed by atoms with E-state index in [1.165, 1.54) is 0 Å². The Morgan fingerprint density at radius 1 is 1.17 bits per heavy atom. The largest absolute Gasteiger partial charge is 0.303 e. The summed E-state index contributed by atoms with van der Waals surface area (Å²) in [4.78, 5) is 0. The molecule has 74 valence electrons. The molecule has 0 amide bonds. The summed E-state index contributed by atoms with van der Waals surface area (Å²) < 4.78 is 0. The first kappa shape index (κ1) is 17.3. The molecule has 12 heavy (non-hydrogen) atoms. The van der Waals surface area contributed by atoms with E-state index in [0.29, 0.717) is 0 Å². The Bertz CT molecular complexity index is 104. The van der Waals surface area contributed by atoms with Crippen LogP contribution in [0.2, 0.25) is 0 Å². The molecule has 0 aliphatic heterocycles. The molecule has 0 atom stereocenters. The van der Waals surface area contributed by atoms with E-state index in [0.717, 1.165) is 5.57 Å². The Morgan fingerprint density at radius 3 is 1.58 bits per heavy atom. The molecule has 0 aromatic heterocycles. The summed E-state index contributed by atoms with van der Waals surface area (Å²) in [5.41, 5.74) is 0.971.